The smallest absolute Gasteiger partial charge is 0.128 e. The molecule has 1 rings (SSSR count). The van der Waals surface area contributed by atoms with Gasteiger partial charge < -0.3 is 10.6 Å². The highest BCUT2D eigenvalue weighted by atomic mass is 19.1. The average molecular weight is 285 g/mol. The molecule has 0 saturated carbocycles. The molecule has 2 N–H and O–H groups in total. The second kappa shape index (κ2) is 7.67. The summed E-state index contributed by atoms with van der Waals surface area (Å²) in [6.45, 7) is 6.37. The first kappa shape index (κ1) is 17.0. The first-order chi connectivity index (χ1) is 9.35. The molecule has 0 heterocycles. The molecule has 1 aromatic carbocycles. The summed E-state index contributed by atoms with van der Waals surface area (Å²) in [5.74, 6) is -0.906. The minimum Gasteiger partial charge on any atom is -0.323 e. The molecule has 3 nitrogen and oxygen atoms in total. The van der Waals surface area contributed by atoms with Crippen LogP contribution in [-0.4, -0.2) is 49.6 Å². The van der Waals surface area contributed by atoms with Crippen molar-refractivity contribution in [1.29, 1.82) is 0 Å². The molecule has 0 amide bonds. The predicted molar refractivity (Wildman–Crippen MR) is 78.5 cm³/mol. The van der Waals surface area contributed by atoms with E-state index in [-0.39, 0.29) is 5.56 Å². The van der Waals surface area contributed by atoms with E-state index in [0.29, 0.717) is 12.6 Å². The van der Waals surface area contributed by atoms with Gasteiger partial charge in [-0.2, -0.15) is 0 Å². The molecule has 0 aliphatic carbocycles. The van der Waals surface area contributed by atoms with Crippen molar-refractivity contribution in [3.05, 3.63) is 35.4 Å². The van der Waals surface area contributed by atoms with Gasteiger partial charge in [0.25, 0.3) is 0 Å². The van der Waals surface area contributed by atoms with Crippen LogP contribution in [0.3, 0.4) is 0 Å². The molecule has 20 heavy (non-hydrogen) atoms. The zero-order chi connectivity index (χ0) is 15.3. The molecule has 0 fully saturated rings. The molecule has 1 aromatic rings. The Morgan fingerprint density at radius 1 is 1.20 bits per heavy atom. The Morgan fingerprint density at radius 2 is 1.85 bits per heavy atom. The van der Waals surface area contributed by atoms with Crippen LogP contribution >= 0.6 is 0 Å². The lowest BCUT2D eigenvalue weighted by molar-refractivity contribution is 0.171. The van der Waals surface area contributed by atoms with Crippen LogP contribution in [0.25, 0.3) is 0 Å². The third kappa shape index (κ3) is 4.81. The first-order valence-corrected chi connectivity index (χ1v) is 6.94. The third-order valence-corrected chi connectivity index (χ3v) is 3.45. The molecule has 0 spiro atoms. The molecule has 2 unspecified atom stereocenters. The minimum atomic E-state index is -0.532. The summed E-state index contributed by atoms with van der Waals surface area (Å²) >= 11 is 0. The van der Waals surface area contributed by atoms with Crippen LogP contribution in [0.4, 0.5) is 8.78 Å². The Morgan fingerprint density at radius 3 is 2.40 bits per heavy atom. The highest BCUT2D eigenvalue weighted by Crippen LogP contribution is 2.18. The van der Waals surface area contributed by atoms with E-state index in [1.54, 1.807) is 0 Å². The first-order valence-electron chi connectivity index (χ1n) is 6.94. The van der Waals surface area contributed by atoms with Crippen molar-refractivity contribution in [3.8, 4) is 0 Å². The number of nitrogens with zero attached hydrogens (tertiary/aromatic N) is 2. The van der Waals surface area contributed by atoms with Gasteiger partial charge in [-0.15, -0.1) is 0 Å². The van der Waals surface area contributed by atoms with E-state index in [1.165, 1.54) is 6.07 Å². The zero-order valence-corrected chi connectivity index (χ0v) is 12.7. The number of hydrogen-bond acceptors (Lipinski definition) is 3. The van der Waals surface area contributed by atoms with Gasteiger partial charge >= 0.3 is 0 Å². The molecule has 0 aliphatic rings. The molecule has 114 valence electrons. The van der Waals surface area contributed by atoms with Crippen molar-refractivity contribution in [2.75, 3.05) is 33.7 Å². The lowest BCUT2D eigenvalue weighted by atomic mass is 10.1. The molecular weight excluding hydrogens is 260 g/mol. The Kier molecular flexibility index (Phi) is 6.52. The van der Waals surface area contributed by atoms with Crippen LogP contribution in [0, 0.1) is 11.6 Å². The topological polar surface area (TPSA) is 32.5 Å². The van der Waals surface area contributed by atoms with E-state index in [4.69, 9.17) is 5.73 Å². The van der Waals surface area contributed by atoms with Gasteiger partial charge in [0, 0.05) is 30.7 Å². The standard InChI is InChI=1S/C15H25F2N3/c1-5-20(11(2)9-19(3)4)10-15(18)13-8-12(16)6-7-14(13)17/h6-8,11,15H,5,9-10,18H2,1-4H3. The maximum atomic E-state index is 13.7. The van der Waals surface area contributed by atoms with Crippen LogP contribution in [0.5, 0.6) is 0 Å². The lowest BCUT2D eigenvalue weighted by Crippen LogP contribution is -2.43. The van der Waals surface area contributed by atoms with Crippen molar-refractivity contribution < 1.29 is 8.78 Å². The van der Waals surface area contributed by atoms with Gasteiger partial charge in [0.1, 0.15) is 11.6 Å². The maximum Gasteiger partial charge on any atom is 0.128 e. The van der Waals surface area contributed by atoms with Crippen LogP contribution < -0.4 is 5.73 Å². The van der Waals surface area contributed by atoms with E-state index in [2.05, 4.69) is 16.7 Å². The summed E-state index contributed by atoms with van der Waals surface area (Å²) in [5.41, 5.74) is 6.28. The van der Waals surface area contributed by atoms with Crippen molar-refractivity contribution in [3.63, 3.8) is 0 Å². The van der Waals surface area contributed by atoms with E-state index >= 15 is 0 Å². The zero-order valence-electron chi connectivity index (χ0n) is 12.7. The molecule has 0 saturated heterocycles. The molecule has 5 heteroatoms. The monoisotopic (exact) mass is 285 g/mol. The van der Waals surface area contributed by atoms with Gasteiger partial charge in [-0.05, 0) is 45.8 Å². The SMILES string of the molecule is CCN(CC(N)c1cc(F)ccc1F)C(C)CN(C)C. The largest absolute Gasteiger partial charge is 0.323 e. The number of likely N-dealkylation sites (N-methyl/N-ethyl adjacent to an activating group) is 2. The Hall–Kier alpha value is -1.04. The van der Waals surface area contributed by atoms with Gasteiger partial charge in [-0.3, -0.25) is 4.90 Å². The highest BCUT2D eigenvalue weighted by Gasteiger charge is 2.19. The van der Waals surface area contributed by atoms with Crippen LogP contribution in [0.1, 0.15) is 25.5 Å². The van der Waals surface area contributed by atoms with E-state index in [1.807, 2.05) is 21.0 Å². The van der Waals surface area contributed by atoms with Crippen LogP contribution in [-0.2, 0) is 0 Å². The van der Waals surface area contributed by atoms with Crippen molar-refractivity contribution in [2.45, 2.75) is 25.9 Å². The molecule has 0 bridgehead atoms. The van der Waals surface area contributed by atoms with Crippen LogP contribution in [0.15, 0.2) is 18.2 Å². The molecule has 0 radical (unpaired) electrons. The fraction of sp³-hybridized carbons (Fsp3) is 0.600. The number of rotatable bonds is 7. The van der Waals surface area contributed by atoms with Gasteiger partial charge in [-0.1, -0.05) is 6.92 Å². The summed E-state index contributed by atoms with van der Waals surface area (Å²) in [6.07, 6.45) is 0. The Balaban J connectivity index is 2.76. The number of halogens is 2. The van der Waals surface area contributed by atoms with Crippen LogP contribution in [0.2, 0.25) is 0 Å². The lowest BCUT2D eigenvalue weighted by Gasteiger charge is -2.32. The Bertz CT molecular complexity index is 424. The fourth-order valence-corrected chi connectivity index (χ4v) is 2.41. The third-order valence-electron chi connectivity index (χ3n) is 3.45. The maximum absolute atomic E-state index is 13.7. The van der Waals surface area contributed by atoms with Gasteiger partial charge in [0.15, 0.2) is 0 Å². The average Bonchev–Trinajstić information content (AvgIpc) is 2.37. The second-order valence-corrected chi connectivity index (χ2v) is 5.47. The van der Waals surface area contributed by atoms with Crippen molar-refractivity contribution in [2.24, 2.45) is 5.73 Å². The number of hydrogen-bond donors (Lipinski definition) is 1. The van der Waals surface area contributed by atoms with E-state index < -0.39 is 17.7 Å². The molecule has 2 atom stereocenters. The summed E-state index contributed by atoms with van der Waals surface area (Å²) in [5, 5.41) is 0. The molecular formula is C15H25F2N3. The van der Waals surface area contributed by atoms with Gasteiger partial charge in [-0.25, -0.2) is 8.78 Å². The molecule has 0 aromatic heterocycles. The van der Waals surface area contributed by atoms with E-state index in [9.17, 15) is 8.78 Å². The second-order valence-electron chi connectivity index (χ2n) is 5.47. The normalized spacial score (nSPS) is 14.8. The summed E-state index contributed by atoms with van der Waals surface area (Å²) in [7, 11) is 4.02. The highest BCUT2D eigenvalue weighted by molar-refractivity contribution is 5.22. The van der Waals surface area contributed by atoms with E-state index in [0.717, 1.165) is 25.2 Å². The quantitative estimate of drug-likeness (QED) is 0.834. The Labute approximate surface area is 120 Å². The van der Waals surface area contributed by atoms with Crippen molar-refractivity contribution >= 4 is 0 Å². The van der Waals surface area contributed by atoms with Gasteiger partial charge in [0.05, 0.1) is 0 Å². The summed E-state index contributed by atoms with van der Waals surface area (Å²) < 4.78 is 26.9. The number of benzene rings is 1. The fourth-order valence-electron chi connectivity index (χ4n) is 2.41. The van der Waals surface area contributed by atoms with Crippen molar-refractivity contribution in [1.82, 2.24) is 9.80 Å². The summed E-state index contributed by atoms with van der Waals surface area (Å²) in [6, 6.07) is 3.19. The minimum absolute atomic E-state index is 0.237. The summed E-state index contributed by atoms with van der Waals surface area (Å²) in [4.78, 5) is 4.27. The molecule has 0 aliphatic heterocycles. The van der Waals surface area contributed by atoms with Gasteiger partial charge in [0.2, 0.25) is 0 Å². The number of nitrogens with two attached hydrogens (primary N) is 1. The predicted octanol–water partition coefficient (Wildman–Crippen LogP) is 2.24.